The molecule has 3 rings (SSSR count). The third kappa shape index (κ3) is 2.90. The summed E-state index contributed by atoms with van der Waals surface area (Å²) in [6.07, 6.45) is 0. The van der Waals surface area contributed by atoms with Crippen molar-refractivity contribution in [2.24, 2.45) is 0 Å². The van der Waals surface area contributed by atoms with Crippen molar-refractivity contribution in [1.29, 1.82) is 0 Å². The Hall–Kier alpha value is -2.09. The van der Waals surface area contributed by atoms with Gasteiger partial charge in [-0.2, -0.15) is 0 Å². The van der Waals surface area contributed by atoms with Crippen molar-refractivity contribution in [2.45, 2.75) is 0 Å². The molecule has 0 spiro atoms. The average Bonchev–Trinajstić information content (AvgIpc) is 2.45. The first kappa shape index (κ1) is 17.3. The van der Waals surface area contributed by atoms with Crippen molar-refractivity contribution in [2.75, 3.05) is 0 Å². The van der Waals surface area contributed by atoms with Gasteiger partial charge in [-0.3, -0.25) is 4.79 Å². The standard InChI is InChI=1S/C15H10O7.Ca.2H/c16-7-4-10(19)12-11(5-7)22-15(14(21)13(12)20)6-1-2-8(17)9(18)3-6;;;/h1-5,16-19,21H;;;. The summed E-state index contributed by atoms with van der Waals surface area (Å²) in [7, 11) is 0. The Balaban J connectivity index is 0.00000192. The van der Waals surface area contributed by atoms with Gasteiger partial charge in [-0.25, -0.2) is 0 Å². The maximum atomic E-state index is 12.1. The number of aromatic hydroxyl groups is 5. The van der Waals surface area contributed by atoms with Gasteiger partial charge in [0.25, 0.3) is 0 Å². The van der Waals surface area contributed by atoms with Gasteiger partial charge in [-0.05, 0) is 18.2 Å². The monoisotopic (exact) mass is 344 g/mol. The van der Waals surface area contributed by atoms with E-state index in [4.69, 9.17) is 4.42 Å². The normalized spacial score (nSPS) is 10.4. The summed E-state index contributed by atoms with van der Waals surface area (Å²) >= 11 is 0. The number of phenols is 4. The molecule has 23 heavy (non-hydrogen) atoms. The molecule has 0 amide bonds. The van der Waals surface area contributed by atoms with Crippen LogP contribution in [0.3, 0.4) is 0 Å². The first-order valence-electron chi connectivity index (χ1n) is 6.12. The van der Waals surface area contributed by atoms with E-state index in [0.717, 1.165) is 24.3 Å². The van der Waals surface area contributed by atoms with E-state index in [-0.39, 0.29) is 71.5 Å². The second-order valence-electron chi connectivity index (χ2n) is 4.65. The molecule has 5 N–H and O–H groups in total. The van der Waals surface area contributed by atoms with Crippen LogP contribution in [0.25, 0.3) is 22.3 Å². The molecule has 1 heterocycles. The molecule has 0 atom stereocenters. The molecule has 8 heteroatoms. The van der Waals surface area contributed by atoms with Crippen LogP contribution in [-0.2, 0) is 0 Å². The van der Waals surface area contributed by atoms with Crippen LogP contribution in [-0.4, -0.2) is 63.3 Å². The molecular weight excluding hydrogens is 332 g/mol. The summed E-state index contributed by atoms with van der Waals surface area (Å²) in [4.78, 5) is 12.1. The van der Waals surface area contributed by atoms with Crippen molar-refractivity contribution < 1.29 is 29.9 Å². The predicted octanol–water partition coefficient (Wildman–Crippen LogP) is 1.07. The van der Waals surface area contributed by atoms with E-state index in [1.165, 1.54) is 6.07 Å². The molecule has 3 aromatic rings. The molecule has 0 aliphatic rings. The first-order valence-corrected chi connectivity index (χ1v) is 6.12. The number of benzene rings is 2. The molecular formula is C15H12CaO7. The van der Waals surface area contributed by atoms with E-state index in [9.17, 15) is 30.3 Å². The summed E-state index contributed by atoms with van der Waals surface area (Å²) < 4.78 is 5.35. The molecule has 7 nitrogen and oxygen atoms in total. The van der Waals surface area contributed by atoms with Crippen molar-refractivity contribution in [3.05, 3.63) is 40.6 Å². The molecule has 2 aromatic carbocycles. The first-order chi connectivity index (χ1) is 10.4. The Morgan fingerprint density at radius 3 is 2.17 bits per heavy atom. The van der Waals surface area contributed by atoms with Crippen LogP contribution in [0.2, 0.25) is 0 Å². The van der Waals surface area contributed by atoms with Crippen LogP contribution in [0.5, 0.6) is 28.7 Å². The van der Waals surface area contributed by atoms with E-state index in [1.54, 1.807) is 0 Å². The van der Waals surface area contributed by atoms with Crippen LogP contribution < -0.4 is 5.43 Å². The van der Waals surface area contributed by atoms with Gasteiger partial charge in [-0.15, -0.1) is 0 Å². The molecule has 0 unspecified atom stereocenters. The molecule has 0 fully saturated rings. The van der Waals surface area contributed by atoms with Crippen molar-refractivity contribution in [3.63, 3.8) is 0 Å². The molecule has 0 aliphatic carbocycles. The number of rotatable bonds is 1. The minimum atomic E-state index is -0.888. The van der Waals surface area contributed by atoms with Gasteiger partial charge in [0.2, 0.25) is 11.2 Å². The fraction of sp³-hybridized carbons (Fsp3) is 0. The van der Waals surface area contributed by atoms with E-state index < -0.39 is 22.7 Å². The van der Waals surface area contributed by atoms with E-state index in [1.807, 2.05) is 0 Å². The topological polar surface area (TPSA) is 131 Å². The Kier molecular flexibility index (Phi) is 4.65. The molecule has 0 aliphatic heterocycles. The molecule has 1 aromatic heterocycles. The predicted molar refractivity (Wildman–Crippen MR) is 84.8 cm³/mol. The zero-order valence-electron chi connectivity index (χ0n) is 10.9. The SMILES string of the molecule is O=c1c(O)c(-c2ccc(O)c(O)c2)oc2cc(O)cc(O)c12.[CaH2]. The molecule has 0 saturated carbocycles. The van der Waals surface area contributed by atoms with Crippen molar-refractivity contribution in [1.82, 2.24) is 0 Å². The molecule has 0 saturated heterocycles. The number of hydrogen-bond donors (Lipinski definition) is 5. The summed E-state index contributed by atoms with van der Waals surface area (Å²) in [5.74, 6) is -2.71. The van der Waals surface area contributed by atoms with Gasteiger partial charge in [0.05, 0.1) is 0 Å². The zero-order valence-corrected chi connectivity index (χ0v) is 10.9. The number of hydrogen-bond acceptors (Lipinski definition) is 7. The van der Waals surface area contributed by atoms with Crippen molar-refractivity contribution in [3.8, 4) is 40.1 Å². The fourth-order valence-corrected chi connectivity index (χ4v) is 2.14. The quantitative estimate of drug-likeness (QED) is 0.329. The maximum absolute atomic E-state index is 12.1. The van der Waals surface area contributed by atoms with Gasteiger partial charge in [0.1, 0.15) is 22.5 Å². The van der Waals surface area contributed by atoms with Crippen LogP contribution in [0, 0.1) is 0 Å². The van der Waals surface area contributed by atoms with E-state index in [0.29, 0.717) is 0 Å². The average molecular weight is 344 g/mol. The minimum absolute atomic E-state index is 0. The molecule has 116 valence electrons. The summed E-state index contributed by atoms with van der Waals surface area (Å²) in [6, 6.07) is 5.64. The van der Waals surface area contributed by atoms with Crippen molar-refractivity contribution >= 4 is 48.7 Å². The van der Waals surface area contributed by atoms with E-state index >= 15 is 0 Å². The summed E-state index contributed by atoms with van der Waals surface area (Å²) in [5, 5.41) is 47.6. The van der Waals surface area contributed by atoms with Gasteiger partial charge >= 0.3 is 37.7 Å². The summed E-state index contributed by atoms with van der Waals surface area (Å²) in [5.41, 5.74) is -0.890. The third-order valence-corrected chi connectivity index (χ3v) is 3.17. The van der Waals surface area contributed by atoms with Gasteiger partial charge in [-0.1, -0.05) is 0 Å². The second kappa shape index (κ2) is 6.19. The third-order valence-electron chi connectivity index (χ3n) is 3.17. The van der Waals surface area contributed by atoms with Gasteiger partial charge in [0.15, 0.2) is 17.3 Å². The van der Waals surface area contributed by atoms with E-state index in [2.05, 4.69) is 0 Å². The van der Waals surface area contributed by atoms with Crippen LogP contribution in [0.1, 0.15) is 0 Å². The Morgan fingerprint density at radius 2 is 1.52 bits per heavy atom. The number of fused-ring (bicyclic) bond motifs is 1. The van der Waals surface area contributed by atoms with Crippen LogP contribution in [0.4, 0.5) is 0 Å². The molecule has 0 bridgehead atoms. The fourth-order valence-electron chi connectivity index (χ4n) is 2.14. The Bertz CT molecular complexity index is 962. The number of phenolic OH excluding ortho intramolecular Hbond substituents is 4. The summed E-state index contributed by atoms with van der Waals surface area (Å²) in [6.45, 7) is 0. The van der Waals surface area contributed by atoms with Gasteiger partial charge < -0.3 is 29.9 Å². The van der Waals surface area contributed by atoms with Crippen LogP contribution in [0.15, 0.2) is 39.5 Å². The zero-order chi connectivity index (χ0) is 16.0. The molecule has 0 radical (unpaired) electrons. The second-order valence-corrected chi connectivity index (χ2v) is 4.65. The van der Waals surface area contributed by atoms with Crippen LogP contribution >= 0.6 is 0 Å². The Labute approximate surface area is 158 Å². The van der Waals surface area contributed by atoms with Gasteiger partial charge in [0, 0.05) is 17.7 Å². The Morgan fingerprint density at radius 1 is 0.826 bits per heavy atom.